The lowest BCUT2D eigenvalue weighted by Gasteiger charge is -2.06. The minimum Gasteiger partial charge on any atom is -0.480 e. The molecule has 1 aromatic heterocycles. The van der Waals surface area contributed by atoms with Crippen molar-refractivity contribution in [3.63, 3.8) is 0 Å². The molecule has 0 aliphatic heterocycles. The van der Waals surface area contributed by atoms with Crippen LogP contribution < -0.4 is 10.6 Å². The van der Waals surface area contributed by atoms with Crippen molar-refractivity contribution >= 4 is 23.6 Å². The highest BCUT2D eigenvalue weighted by molar-refractivity contribution is 5.92. The van der Waals surface area contributed by atoms with Crippen molar-refractivity contribution in [2.75, 3.05) is 11.9 Å². The summed E-state index contributed by atoms with van der Waals surface area (Å²) in [6.07, 6.45) is -0.0932. The van der Waals surface area contributed by atoms with Crippen LogP contribution in [0.1, 0.15) is 24.1 Å². The van der Waals surface area contributed by atoms with Crippen LogP contribution in [0.5, 0.6) is 0 Å². The molecule has 0 radical (unpaired) electrons. The first-order chi connectivity index (χ1) is 9.36. The summed E-state index contributed by atoms with van der Waals surface area (Å²) in [4.78, 5) is 37.3. The SMILES string of the molecule is Cc1cc(C)nc(NC(=O)CCC(=O)NCC(=O)O)c1. The minimum absolute atomic E-state index is 0.0277. The fourth-order valence-corrected chi connectivity index (χ4v) is 1.60. The van der Waals surface area contributed by atoms with Crippen LogP contribution in [0.25, 0.3) is 0 Å². The van der Waals surface area contributed by atoms with Crippen LogP contribution in [0.15, 0.2) is 12.1 Å². The molecule has 0 saturated carbocycles. The molecule has 7 heteroatoms. The minimum atomic E-state index is -1.12. The number of aliphatic carboxylic acids is 1. The summed E-state index contributed by atoms with van der Waals surface area (Å²) in [5, 5.41) is 13.2. The molecule has 0 bridgehead atoms. The number of pyridine rings is 1. The summed E-state index contributed by atoms with van der Waals surface area (Å²) in [6, 6.07) is 3.62. The smallest absolute Gasteiger partial charge is 0.322 e. The number of rotatable bonds is 6. The topological polar surface area (TPSA) is 108 Å². The maximum absolute atomic E-state index is 11.6. The van der Waals surface area contributed by atoms with Crippen LogP contribution in [0.2, 0.25) is 0 Å². The number of carbonyl (C=O) groups excluding carboxylic acids is 2. The molecule has 0 atom stereocenters. The fraction of sp³-hybridized carbons (Fsp3) is 0.385. The average molecular weight is 279 g/mol. The van der Waals surface area contributed by atoms with E-state index in [4.69, 9.17) is 5.11 Å². The van der Waals surface area contributed by atoms with Gasteiger partial charge in [-0.3, -0.25) is 14.4 Å². The number of aryl methyl sites for hydroxylation is 2. The van der Waals surface area contributed by atoms with Crippen molar-refractivity contribution in [3.05, 3.63) is 23.4 Å². The summed E-state index contributed by atoms with van der Waals surface area (Å²) < 4.78 is 0. The Labute approximate surface area is 116 Å². The van der Waals surface area contributed by atoms with Gasteiger partial charge in [0.1, 0.15) is 12.4 Å². The molecule has 3 N–H and O–H groups in total. The van der Waals surface area contributed by atoms with Crippen molar-refractivity contribution in [1.29, 1.82) is 0 Å². The summed E-state index contributed by atoms with van der Waals surface area (Å²) in [5.74, 6) is -1.50. The van der Waals surface area contributed by atoms with Gasteiger partial charge < -0.3 is 15.7 Å². The molecular weight excluding hydrogens is 262 g/mol. The Morgan fingerprint density at radius 2 is 1.80 bits per heavy atom. The molecule has 1 aromatic rings. The number of aromatic nitrogens is 1. The van der Waals surface area contributed by atoms with Gasteiger partial charge in [0, 0.05) is 18.5 Å². The first-order valence-corrected chi connectivity index (χ1v) is 6.10. The normalized spacial score (nSPS) is 9.90. The highest BCUT2D eigenvalue weighted by atomic mass is 16.4. The van der Waals surface area contributed by atoms with Crippen molar-refractivity contribution in [2.45, 2.75) is 26.7 Å². The summed E-state index contributed by atoms with van der Waals surface area (Å²) >= 11 is 0. The van der Waals surface area contributed by atoms with Crippen molar-refractivity contribution in [3.8, 4) is 0 Å². The van der Waals surface area contributed by atoms with Gasteiger partial charge in [0.25, 0.3) is 0 Å². The van der Waals surface area contributed by atoms with Crippen LogP contribution in [0, 0.1) is 13.8 Å². The van der Waals surface area contributed by atoms with E-state index in [2.05, 4.69) is 15.6 Å². The third-order valence-electron chi connectivity index (χ3n) is 2.38. The van der Waals surface area contributed by atoms with Crippen molar-refractivity contribution in [2.24, 2.45) is 0 Å². The Balaban J connectivity index is 2.40. The molecule has 0 unspecified atom stereocenters. The van der Waals surface area contributed by atoms with Crippen LogP contribution >= 0.6 is 0 Å². The molecule has 0 fully saturated rings. The van der Waals surface area contributed by atoms with E-state index in [0.717, 1.165) is 11.3 Å². The van der Waals surface area contributed by atoms with E-state index in [1.165, 1.54) is 0 Å². The highest BCUT2D eigenvalue weighted by Crippen LogP contribution is 2.09. The molecule has 0 aliphatic rings. The van der Waals surface area contributed by atoms with Gasteiger partial charge in [0.15, 0.2) is 0 Å². The molecule has 1 rings (SSSR count). The van der Waals surface area contributed by atoms with Gasteiger partial charge in [0.2, 0.25) is 11.8 Å². The molecule has 7 nitrogen and oxygen atoms in total. The fourth-order valence-electron chi connectivity index (χ4n) is 1.60. The number of carboxylic acids is 1. The maximum Gasteiger partial charge on any atom is 0.322 e. The zero-order valence-corrected chi connectivity index (χ0v) is 11.4. The van der Waals surface area contributed by atoms with E-state index in [-0.39, 0.29) is 18.7 Å². The van der Waals surface area contributed by atoms with Crippen LogP contribution in [-0.2, 0) is 14.4 Å². The zero-order valence-electron chi connectivity index (χ0n) is 11.4. The zero-order chi connectivity index (χ0) is 15.1. The molecule has 20 heavy (non-hydrogen) atoms. The Kier molecular flexibility index (Phi) is 5.64. The number of carbonyl (C=O) groups is 3. The summed E-state index contributed by atoms with van der Waals surface area (Å²) in [6.45, 7) is 3.27. The predicted octanol–water partition coefficient (Wildman–Crippen LogP) is 0.618. The third-order valence-corrected chi connectivity index (χ3v) is 2.38. The second-order valence-corrected chi connectivity index (χ2v) is 4.39. The van der Waals surface area contributed by atoms with Gasteiger partial charge in [-0.15, -0.1) is 0 Å². The number of anilines is 1. The number of nitrogens with zero attached hydrogens (tertiary/aromatic N) is 1. The van der Waals surface area contributed by atoms with E-state index in [1.807, 2.05) is 19.9 Å². The lowest BCUT2D eigenvalue weighted by atomic mass is 10.2. The largest absolute Gasteiger partial charge is 0.480 e. The first-order valence-electron chi connectivity index (χ1n) is 6.10. The second-order valence-electron chi connectivity index (χ2n) is 4.39. The second kappa shape index (κ2) is 7.22. The molecule has 1 heterocycles. The number of carboxylic acid groups (broad SMARTS) is 1. The van der Waals surface area contributed by atoms with Crippen molar-refractivity contribution in [1.82, 2.24) is 10.3 Å². The van der Waals surface area contributed by atoms with Gasteiger partial charge in [-0.05, 0) is 31.5 Å². The van der Waals surface area contributed by atoms with Gasteiger partial charge in [-0.25, -0.2) is 4.98 Å². The quantitative estimate of drug-likeness (QED) is 0.707. The third kappa shape index (κ3) is 5.94. The van der Waals surface area contributed by atoms with Gasteiger partial charge in [-0.2, -0.15) is 0 Å². The van der Waals surface area contributed by atoms with E-state index < -0.39 is 18.4 Å². The van der Waals surface area contributed by atoms with Crippen LogP contribution in [-0.4, -0.2) is 34.4 Å². The number of hydrogen-bond acceptors (Lipinski definition) is 4. The number of amides is 2. The van der Waals surface area contributed by atoms with Gasteiger partial charge >= 0.3 is 5.97 Å². The molecule has 0 aliphatic carbocycles. The first kappa shape index (κ1) is 15.6. The van der Waals surface area contributed by atoms with Crippen LogP contribution in [0.4, 0.5) is 5.82 Å². The van der Waals surface area contributed by atoms with Crippen molar-refractivity contribution < 1.29 is 19.5 Å². The van der Waals surface area contributed by atoms with E-state index in [0.29, 0.717) is 5.82 Å². The predicted molar refractivity (Wildman–Crippen MR) is 72.2 cm³/mol. The molecule has 0 saturated heterocycles. The Bertz CT molecular complexity index is 508. The number of hydrogen-bond donors (Lipinski definition) is 3. The Morgan fingerprint density at radius 1 is 1.15 bits per heavy atom. The summed E-state index contributed by atoms with van der Waals surface area (Å²) in [7, 11) is 0. The Morgan fingerprint density at radius 3 is 2.40 bits per heavy atom. The highest BCUT2D eigenvalue weighted by Gasteiger charge is 2.09. The van der Waals surface area contributed by atoms with Gasteiger partial charge in [0.05, 0.1) is 0 Å². The lowest BCUT2D eigenvalue weighted by molar-refractivity contribution is -0.138. The molecule has 108 valence electrons. The Hall–Kier alpha value is -2.44. The standard InChI is InChI=1S/C13H17N3O4/c1-8-5-9(2)15-10(6-8)16-12(18)4-3-11(17)14-7-13(19)20/h5-6H,3-4,7H2,1-2H3,(H,14,17)(H,19,20)(H,15,16,18). The molecule has 0 aromatic carbocycles. The van der Waals surface area contributed by atoms with E-state index in [9.17, 15) is 14.4 Å². The molecule has 2 amide bonds. The lowest BCUT2D eigenvalue weighted by Crippen LogP contribution is -2.29. The van der Waals surface area contributed by atoms with Crippen LogP contribution in [0.3, 0.4) is 0 Å². The summed E-state index contributed by atoms with van der Waals surface area (Å²) in [5.41, 5.74) is 1.77. The van der Waals surface area contributed by atoms with E-state index in [1.54, 1.807) is 6.07 Å². The maximum atomic E-state index is 11.6. The number of nitrogens with one attached hydrogen (secondary N) is 2. The van der Waals surface area contributed by atoms with Gasteiger partial charge in [-0.1, -0.05) is 0 Å². The molecular formula is C13H17N3O4. The molecule has 0 spiro atoms. The van der Waals surface area contributed by atoms with E-state index >= 15 is 0 Å². The average Bonchev–Trinajstić information content (AvgIpc) is 2.32. The monoisotopic (exact) mass is 279 g/mol.